The first-order chi connectivity index (χ1) is 40.5. The maximum Gasteiger partial charge on any atom is 0.305 e. The molecule has 3 N–H and O–H groups in total. The largest absolute Gasteiger partial charge is 0.466 e. The van der Waals surface area contributed by atoms with Gasteiger partial charge in [0.05, 0.1) is 25.4 Å². The summed E-state index contributed by atoms with van der Waals surface area (Å²) in [5.74, 6) is -0.0191. The van der Waals surface area contributed by atoms with Gasteiger partial charge in [0, 0.05) is 12.8 Å². The standard InChI is InChI=1S/C76H147NO5/c1-3-5-7-9-11-13-15-17-18-19-20-35-38-41-45-48-52-56-60-64-68-74(79)73(72-78)77-75(80)69-65-61-57-53-49-46-42-39-36-33-31-29-27-25-23-21-22-24-26-28-30-32-34-37-40-43-47-51-55-59-63-67-71-82-76(81)70-66-62-58-54-50-44-16-14-12-10-8-6-4-2/h8,10,14,16,73-74,78-79H,3-7,9,11-13,15,17-72H2,1-2H3,(H,77,80)/b10-8-,16-14-. The lowest BCUT2D eigenvalue weighted by Crippen LogP contribution is -2.45. The second kappa shape index (κ2) is 71.8. The Morgan fingerprint density at radius 3 is 0.976 bits per heavy atom. The van der Waals surface area contributed by atoms with Crippen molar-refractivity contribution in [1.29, 1.82) is 0 Å². The summed E-state index contributed by atoms with van der Waals surface area (Å²) in [4.78, 5) is 24.6. The molecule has 2 atom stereocenters. The molecule has 0 spiro atoms. The van der Waals surface area contributed by atoms with E-state index in [0.29, 0.717) is 25.9 Å². The molecule has 0 aliphatic carbocycles. The average molecular weight is 1160 g/mol. The maximum absolute atomic E-state index is 12.6. The number of amides is 1. The van der Waals surface area contributed by atoms with Gasteiger partial charge >= 0.3 is 5.97 Å². The van der Waals surface area contributed by atoms with E-state index >= 15 is 0 Å². The van der Waals surface area contributed by atoms with Crippen LogP contribution >= 0.6 is 0 Å². The summed E-state index contributed by atoms with van der Waals surface area (Å²) in [6.45, 7) is 4.93. The molecule has 0 bridgehead atoms. The Hall–Kier alpha value is -1.66. The molecule has 6 heteroatoms. The summed E-state index contributed by atoms with van der Waals surface area (Å²) in [5, 5.41) is 23.4. The molecule has 1 amide bonds. The quantitative estimate of drug-likeness (QED) is 0.0320. The summed E-state index contributed by atoms with van der Waals surface area (Å²) >= 11 is 0. The zero-order valence-corrected chi connectivity index (χ0v) is 55.8. The average Bonchev–Trinajstić information content (AvgIpc) is 3.48. The zero-order valence-electron chi connectivity index (χ0n) is 55.8. The Bertz CT molecular complexity index is 1280. The number of ether oxygens (including phenoxy) is 1. The lowest BCUT2D eigenvalue weighted by atomic mass is 10.0. The van der Waals surface area contributed by atoms with E-state index < -0.39 is 12.1 Å². The van der Waals surface area contributed by atoms with Gasteiger partial charge < -0.3 is 20.3 Å². The Kier molecular flexibility index (Phi) is 70.4. The molecule has 2 unspecified atom stereocenters. The van der Waals surface area contributed by atoms with Gasteiger partial charge in [-0.15, -0.1) is 0 Å². The topological polar surface area (TPSA) is 95.9 Å². The van der Waals surface area contributed by atoms with E-state index in [2.05, 4.69) is 43.5 Å². The first-order valence-electron chi connectivity index (χ1n) is 37.6. The Morgan fingerprint density at radius 1 is 0.341 bits per heavy atom. The van der Waals surface area contributed by atoms with Gasteiger partial charge in [0.1, 0.15) is 0 Å². The fraction of sp³-hybridized carbons (Fsp3) is 0.921. The Labute approximate surface area is 513 Å². The van der Waals surface area contributed by atoms with Crippen LogP contribution in [0.2, 0.25) is 0 Å². The minimum absolute atomic E-state index is 0.00651. The maximum atomic E-state index is 12.6. The number of carbonyl (C=O) groups is 2. The summed E-state index contributed by atoms with van der Waals surface area (Å²) in [6, 6.07) is -0.538. The highest BCUT2D eigenvalue weighted by molar-refractivity contribution is 5.76. The highest BCUT2D eigenvalue weighted by atomic mass is 16.5. The minimum Gasteiger partial charge on any atom is -0.466 e. The lowest BCUT2D eigenvalue weighted by Gasteiger charge is -2.22. The van der Waals surface area contributed by atoms with Gasteiger partial charge in [-0.05, 0) is 51.4 Å². The van der Waals surface area contributed by atoms with Gasteiger partial charge in [0.25, 0.3) is 0 Å². The molecule has 0 heterocycles. The van der Waals surface area contributed by atoms with Crippen LogP contribution in [-0.2, 0) is 14.3 Å². The first kappa shape index (κ1) is 80.3. The fourth-order valence-electron chi connectivity index (χ4n) is 12.0. The number of carbonyl (C=O) groups excluding carboxylic acids is 2. The predicted molar refractivity (Wildman–Crippen MR) is 361 cm³/mol. The van der Waals surface area contributed by atoms with E-state index in [1.807, 2.05) is 0 Å². The van der Waals surface area contributed by atoms with Crippen molar-refractivity contribution in [1.82, 2.24) is 5.32 Å². The van der Waals surface area contributed by atoms with Gasteiger partial charge in [0.2, 0.25) is 5.91 Å². The van der Waals surface area contributed by atoms with Gasteiger partial charge in [-0.1, -0.05) is 385 Å². The summed E-state index contributed by atoms with van der Waals surface area (Å²) in [5.41, 5.74) is 0. The van der Waals surface area contributed by atoms with E-state index in [0.717, 1.165) is 51.4 Å². The number of rotatable bonds is 71. The van der Waals surface area contributed by atoms with E-state index in [1.165, 1.54) is 340 Å². The molecule has 486 valence electrons. The summed E-state index contributed by atoms with van der Waals surface area (Å²) in [7, 11) is 0. The Balaban J connectivity index is 3.33. The molecule has 6 nitrogen and oxygen atoms in total. The number of esters is 1. The SMILES string of the molecule is CCC/C=C\C/C=C\CCCCCCCC(=O)OCCCCCCCCCCCCCCCCCCCCCCCCCCCCCCCCCCC(=O)NC(CO)C(O)CCCCCCCCCCCCCCCCCCCCCC. The van der Waals surface area contributed by atoms with E-state index in [4.69, 9.17) is 4.74 Å². The van der Waals surface area contributed by atoms with Gasteiger partial charge in [-0.3, -0.25) is 9.59 Å². The van der Waals surface area contributed by atoms with Crippen LogP contribution in [0.4, 0.5) is 0 Å². The molecule has 82 heavy (non-hydrogen) atoms. The highest BCUT2D eigenvalue weighted by Gasteiger charge is 2.20. The molecular formula is C76H147NO5. The number of nitrogens with one attached hydrogen (secondary N) is 1. The van der Waals surface area contributed by atoms with Crippen LogP contribution in [0.5, 0.6) is 0 Å². The zero-order chi connectivity index (χ0) is 59.2. The van der Waals surface area contributed by atoms with Crippen molar-refractivity contribution < 1.29 is 24.5 Å². The van der Waals surface area contributed by atoms with Gasteiger partial charge in [-0.25, -0.2) is 0 Å². The van der Waals surface area contributed by atoms with Crippen LogP contribution in [0.3, 0.4) is 0 Å². The van der Waals surface area contributed by atoms with Crippen LogP contribution in [0, 0.1) is 0 Å². The third kappa shape index (κ3) is 67.5. The molecule has 0 aromatic heterocycles. The number of hydrogen-bond acceptors (Lipinski definition) is 5. The van der Waals surface area contributed by atoms with Crippen LogP contribution < -0.4 is 5.32 Å². The number of aliphatic hydroxyl groups is 2. The second-order valence-corrected chi connectivity index (χ2v) is 26.0. The smallest absolute Gasteiger partial charge is 0.305 e. The highest BCUT2D eigenvalue weighted by Crippen LogP contribution is 2.20. The second-order valence-electron chi connectivity index (χ2n) is 26.0. The molecule has 0 saturated carbocycles. The molecule has 0 fully saturated rings. The molecule has 0 aromatic rings. The van der Waals surface area contributed by atoms with E-state index in [9.17, 15) is 19.8 Å². The minimum atomic E-state index is -0.662. The van der Waals surface area contributed by atoms with Gasteiger partial charge in [0.15, 0.2) is 0 Å². The van der Waals surface area contributed by atoms with Crippen LogP contribution in [0.1, 0.15) is 425 Å². The normalized spacial score (nSPS) is 12.6. The molecular weight excluding hydrogens is 1010 g/mol. The van der Waals surface area contributed by atoms with Crippen molar-refractivity contribution in [3.05, 3.63) is 24.3 Å². The number of hydrogen-bond donors (Lipinski definition) is 3. The molecule has 0 aromatic carbocycles. The summed E-state index contributed by atoms with van der Waals surface area (Å²) in [6.07, 6.45) is 91.1. The molecule has 0 radical (unpaired) electrons. The van der Waals surface area contributed by atoms with Crippen molar-refractivity contribution in [2.45, 2.75) is 437 Å². The van der Waals surface area contributed by atoms with Crippen molar-refractivity contribution in [2.75, 3.05) is 13.2 Å². The van der Waals surface area contributed by atoms with Crippen LogP contribution in [0.25, 0.3) is 0 Å². The molecule has 0 aliphatic heterocycles. The fourth-order valence-corrected chi connectivity index (χ4v) is 12.0. The number of aliphatic hydroxyl groups excluding tert-OH is 2. The molecule has 0 rings (SSSR count). The van der Waals surface area contributed by atoms with Crippen molar-refractivity contribution in [2.24, 2.45) is 0 Å². The predicted octanol–water partition coefficient (Wildman–Crippen LogP) is 24.5. The summed E-state index contributed by atoms with van der Waals surface area (Å²) < 4.78 is 5.48. The Morgan fingerprint density at radius 2 is 0.634 bits per heavy atom. The number of unbranched alkanes of at least 4 members (excludes halogenated alkanes) is 56. The van der Waals surface area contributed by atoms with Crippen molar-refractivity contribution in [3.63, 3.8) is 0 Å². The van der Waals surface area contributed by atoms with Crippen LogP contribution in [0.15, 0.2) is 24.3 Å². The van der Waals surface area contributed by atoms with Gasteiger partial charge in [-0.2, -0.15) is 0 Å². The monoisotopic (exact) mass is 1150 g/mol. The van der Waals surface area contributed by atoms with Crippen molar-refractivity contribution in [3.8, 4) is 0 Å². The third-order valence-corrected chi connectivity index (χ3v) is 17.7. The number of allylic oxidation sites excluding steroid dienone is 4. The third-order valence-electron chi connectivity index (χ3n) is 17.7. The van der Waals surface area contributed by atoms with E-state index in [-0.39, 0.29) is 18.5 Å². The van der Waals surface area contributed by atoms with Crippen molar-refractivity contribution >= 4 is 11.9 Å². The molecule has 0 saturated heterocycles. The lowest BCUT2D eigenvalue weighted by molar-refractivity contribution is -0.143. The first-order valence-corrected chi connectivity index (χ1v) is 37.6. The van der Waals surface area contributed by atoms with E-state index in [1.54, 1.807) is 0 Å². The molecule has 0 aliphatic rings. The van der Waals surface area contributed by atoms with Crippen LogP contribution in [-0.4, -0.2) is 47.4 Å².